The predicted octanol–water partition coefficient (Wildman–Crippen LogP) is 3.88. The number of halogens is 1. The first kappa shape index (κ1) is 16.5. The maximum Gasteiger partial charge on any atom is 0.273 e. The molecule has 3 heterocycles. The molecule has 0 bridgehead atoms. The van der Waals surface area contributed by atoms with Crippen LogP contribution in [0.4, 0.5) is 5.13 Å². The van der Waals surface area contributed by atoms with E-state index in [1.54, 1.807) is 11.3 Å². The Hall–Kier alpha value is -1.96. The quantitative estimate of drug-likeness (QED) is 0.680. The molecule has 1 aliphatic heterocycles. The molecule has 8 heteroatoms. The number of carbonyl (C=O) groups is 1. The van der Waals surface area contributed by atoms with Gasteiger partial charge in [-0.25, -0.2) is 9.97 Å². The highest BCUT2D eigenvalue weighted by Gasteiger charge is 2.24. The Labute approximate surface area is 158 Å². The van der Waals surface area contributed by atoms with Gasteiger partial charge in [0.1, 0.15) is 10.7 Å². The summed E-state index contributed by atoms with van der Waals surface area (Å²) in [6.45, 7) is 2.97. The summed E-state index contributed by atoms with van der Waals surface area (Å²) in [7, 11) is 0. The Morgan fingerprint density at radius 2 is 1.84 bits per heavy atom. The first-order chi connectivity index (χ1) is 12.2. The standard InChI is InChI=1S/C17H15ClN4OS2/c18-13-3-1-12(2-4-13)15-20-14(11-25-15)16(23)21-6-8-22(9-7-21)17-19-5-10-24-17/h1-5,10-11H,6-9H2. The van der Waals surface area contributed by atoms with Crippen molar-refractivity contribution < 1.29 is 4.79 Å². The fourth-order valence-electron chi connectivity index (χ4n) is 2.73. The van der Waals surface area contributed by atoms with E-state index in [2.05, 4.69) is 14.9 Å². The molecule has 1 fully saturated rings. The number of anilines is 1. The molecule has 1 aromatic carbocycles. The van der Waals surface area contributed by atoms with Crippen LogP contribution in [0.2, 0.25) is 5.02 Å². The summed E-state index contributed by atoms with van der Waals surface area (Å²) in [5, 5.41) is 6.35. The summed E-state index contributed by atoms with van der Waals surface area (Å²) >= 11 is 9.03. The molecule has 0 saturated carbocycles. The molecule has 2 aromatic heterocycles. The molecule has 1 aliphatic rings. The highest BCUT2D eigenvalue weighted by atomic mass is 35.5. The van der Waals surface area contributed by atoms with E-state index in [0.717, 1.165) is 28.8 Å². The van der Waals surface area contributed by atoms with Gasteiger partial charge in [-0.2, -0.15) is 0 Å². The molecule has 0 unspecified atom stereocenters. The molecule has 0 aliphatic carbocycles. The van der Waals surface area contributed by atoms with E-state index in [0.29, 0.717) is 23.8 Å². The fourth-order valence-corrected chi connectivity index (χ4v) is 4.35. The van der Waals surface area contributed by atoms with E-state index in [1.807, 2.05) is 46.1 Å². The van der Waals surface area contributed by atoms with Gasteiger partial charge in [-0.05, 0) is 12.1 Å². The van der Waals surface area contributed by atoms with Gasteiger partial charge < -0.3 is 9.80 Å². The largest absolute Gasteiger partial charge is 0.345 e. The second kappa shape index (κ2) is 7.11. The Balaban J connectivity index is 1.43. The molecular formula is C17H15ClN4OS2. The summed E-state index contributed by atoms with van der Waals surface area (Å²) in [6, 6.07) is 7.50. The Bertz CT molecular complexity index is 855. The monoisotopic (exact) mass is 390 g/mol. The average Bonchev–Trinajstić information content (AvgIpc) is 3.34. The number of aromatic nitrogens is 2. The van der Waals surface area contributed by atoms with Gasteiger partial charge in [0.15, 0.2) is 5.13 Å². The minimum atomic E-state index is -0.00440. The number of benzene rings is 1. The zero-order chi connectivity index (χ0) is 17.2. The van der Waals surface area contributed by atoms with Crippen molar-refractivity contribution in [1.29, 1.82) is 0 Å². The van der Waals surface area contributed by atoms with E-state index >= 15 is 0 Å². The molecule has 0 atom stereocenters. The van der Waals surface area contributed by atoms with E-state index < -0.39 is 0 Å². The summed E-state index contributed by atoms with van der Waals surface area (Å²) in [4.78, 5) is 25.6. The van der Waals surface area contributed by atoms with Crippen LogP contribution in [0.1, 0.15) is 10.5 Å². The third-order valence-corrected chi connectivity index (χ3v) is 6.05. The minimum Gasteiger partial charge on any atom is -0.345 e. The van der Waals surface area contributed by atoms with Gasteiger partial charge in [-0.15, -0.1) is 22.7 Å². The first-order valence-corrected chi connectivity index (χ1v) is 9.99. The number of hydrogen-bond acceptors (Lipinski definition) is 6. The third-order valence-electron chi connectivity index (χ3n) is 4.07. The average molecular weight is 391 g/mol. The van der Waals surface area contributed by atoms with E-state index in [1.165, 1.54) is 11.3 Å². The maximum absolute atomic E-state index is 12.7. The highest BCUT2D eigenvalue weighted by Crippen LogP contribution is 2.26. The van der Waals surface area contributed by atoms with Crippen molar-refractivity contribution in [2.75, 3.05) is 31.1 Å². The fraction of sp³-hybridized carbons (Fsp3) is 0.235. The number of rotatable bonds is 3. The number of amides is 1. The van der Waals surface area contributed by atoms with Crippen LogP contribution in [-0.2, 0) is 0 Å². The van der Waals surface area contributed by atoms with Crippen molar-refractivity contribution >= 4 is 45.3 Å². The second-order valence-electron chi connectivity index (χ2n) is 5.64. The van der Waals surface area contributed by atoms with Crippen LogP contribution in [0.25, 0.3) is 10.6 Å². The zero-order valence-corrected chi connectivity index (χ0v) is 15.7. The Kier molecular flexibility index (Phi) is 4.70. The Morgan fingerprint density at radius 1 is 1.08 bits per heavy atom. The molecule has 0 radical (unpaired) electrons. The second-order valence-corrected chi connectivity index (χ2v) is 7.81. The summed E-state index contributed by atoms with van der Waals surface area (Å²) in [5.41, 5.74) is 1.49. The summed E-state index contributed by atoms with van der Waals surface area (Å²) < 4.78 is 0. The molecule has 1 amide bonds. The lowest BCUT2D eigenvalue weighted by Crippen LogP contribution is -2.48. The van der Waals surface area contributed by atoms with Crippen molar-refractivity contribution in [1.82, 2.24) is 14.9 Å². The molecular weight excluding hydrogens is 376 g/mol. The number of thiazole rings is 2. The molecule has 3 aromatic rings. The third kappa shape index (κ3) is 3.53. The van der Waals surface area contributed by atoms with Crippen LogP contribution in [0.5, 0.6) is 0 Å². The lowest BCUT2D eigenvalue weighted by Gasteiger charge is -2.34. The van der Waals surface area contributed by atoms with Gasteiger partial charge in [0, 0.05) is 53.7 Å². The lowest BCUT2D eigenvalue weighted by atomic mass is 10.2. The van der Waals surface area contributed by atoms with Crippen LogP contribution in [0, 0.1) is 0 Å². The van der Waals surface area contributed by atoms with Crippen LogP contribution in [-0.4, -0.2) is 47.0 Å². The molecule has 1 saturated heterocycles. The van der Waals surface area contributed by atoms with Gasteiger partial charge in [-0.3, -0.25) is 4.79 Å². The number of carbonyl (C=O) groups excluding carboxylic acids is 1. The van der Waals surface area contributed by atoms with Crippen LogP contribution in [0.15, 0.2) is 41.2 Å². The van der Waals surface area contributed by atoms with Gasteiger partial charge in [-0.1, -0.05) is 23.7 Å². The number of nitrogens with zero attached hydrogens (tertiary/aromatic N) is 4. The highest BCUT2D eigenvalue weighted by molar-refractivity contribution is 7.13. The summed E-state index contributed by atoms with van der Waals surface area (Å²) in [5.74, 6) is -0.00440. The van der Waals surface area contributed by atoms with Crippen LogP contribution < -0.4 is 4.90 Å². The van der Waals surface area contributed by atoms with Crippen molar-refractivity contribution in [2.24, 2.45) is 0 Å². The van der Waals surface area contributed by atoms with E-state index in [-0.39, 0.29) is 5.91 Å². The lowest BCUT2D eigenvalue weighted by molar-refractivity contribution is 0.0742. The normalized spacial score (nSPS) is 14.8. The Morgan fingerprint density at radius 3 is 2.52 bits per heavy atom. The van der Waals surface area contributed by atoms with E-state index in [9.17, 15) is 4.79 Å². The molecule has 0 N–H and O–H groups in total. The number of hydrogen-bond donors (Lipinski definition) is 0. The van der Waals surface area contributed by atoms with E-state index in [4.69, 9.17) is 11.6 Å². The van der Waals surface area contributed by atoms with Gasteiger partial charge >= 0.3 is 0 Å². The van der Waals surface area contributed by atoms with Gasteiger partial charge in [0.25, 0.3) is 5.91 Å². The zero-order valence-electron chi connectivity index (χ0n) is 13.3. The van der Waals surface area contributed by atoms with Crippen molar-refractivity contribution in [3.05, 3.63) is 51.9 Å². The van der Waals surface area contributed by atoms with Crippen molar-refractivity contribution in [3.63, 3.8) is 0 Å². The topological polar surface area (TPSA) is 49.3 Å². The van der Waals surface area contributed by atoms with Gasteiger partial charge in [0.05, 0.1) is 0 Å². The maximum atomic E-state index is 12.7. The number of piperazine rings is 1. The first-order valence-electron chi connectivity index (χ1n) is 7.86. The summed E-state index contributed by atoms with van der Waals surface area (Å²) in [6.07, 6.45) is 1.81. The van der Waals surface area contributed by atoms with Gasteiger partial charge in [0.2, 0.25) is 0 Å². The van der Waals surface area contributed by atoms with Crippen LogP contribution in [0.3, 0.4) is 0 Å². The molecule has 128 valence electrons. The van der Waals surface area contributed by atoms with Crippen molar-refractivity contribution in [3.8, 4) is 10.6 Å². The smallest absolute Gasteiger partial charge is 0.273 e. The molecule has 25 heavy (non-hydrogen) atoms. The SMILES string of the molecule is O=C(c1csc(-c2ccc(Cl)cc2)n1)N1CCN(c2nccs2)CC1. The van der Waals surface area contributed by atoms with Crippen molar-refractivity contribution in [2.45, 2.75) is 0 Å². The van der Waals surface area contributed by atoms with Crippen LogP contribution >= 0.6 is 34.3 Å². The molecule has 5 nitrogen and oxygen atoms in total. The molecule has 0 spiro atoms. The minimum absolute atomic E-state index is 0.00440. The molecule has 4 rings (SSSR count). The predicted molar refractivity (Wildman–Crippen MR) is 103 cm³/mol.